The van der Waals surface area contributed by atoms with Crippen molar-refractivity contribution in [2.24, 2.45) is 10.9 Å². The molecule has 0 radical (unpaired) electrons. The average Bonchev–Trinajstić information content (AvgIpc) is 2.45. The minimum atomic E-state index is -0.950. The highest BCUT2D eigenvalue weighted by atomic mass is 16.5. The van der Waals surface area contributed by atoms with Gasteiger partial charge in [-0.15, -0.1) is 0 Å². The number of benzene rings is 1. The molecular weight excluding hydrogens is 256 g/mol. The summed E-state index contributed by atoms with van der Waals surface area (Å²) in [7, 11) is 0. The Kier molecular flexibility index (Phi) is 6.83. The number of esters is 1. The number of hydrogen-bond acceptors (Lipinski definition) is 5. The molecule has 5 nitrogen and oxygen atoms in total. The zero-order valence-electron chi connectivity index (χ0n) is 11.7. The zero-order valence-corrected chi connectivity index (χ0v) is 11.7. The van der Waals surface area contributed by atoms with Crippen LogP contribution >= 0.6 is 0 Å². The summed E-state index contributed by atoms with van der Waals surface area (Å²) in [6.07, 6.45) is 1.30. The smallest absolute Gasteiger partial charge is 0.328 e. The zero-order chi connectivity index (χ0) is 14.8. The molecular formula is C15H18N2O3. The summed E-state index contributed by atoms with van der Waals surface area (Å²) < 4.78 is 10.2. The highest BCUT2D eigenvalue weighted by Crippen LogP contribution is 2.10. The van der Waals surface area contributed by atoms with Crippen LogP contribution in [-0.4, -0.2) is 31.9 Å². The third-order valence-corrected chi connectivity index (χ3v) is 2.44. The summed E-state index contributed by atoms with van der Waals surface area (Å²) in [4.78, 5) is 15.3. The van der Waals surface area contributed by atoms with Crippen molar-refractivity contribution in [3.63, 3.8) is 0 Å². The van der Waals surface area contributed by atoms with E-state index in [1.165, 1.54) is 11.8 Å². The second-order valence-corrected chi connectivity index (χ2v) is 4.08. The first kappa shape index (κ1) is 15.7. The molecule has 1 rings (SSSR count). The van der Waals surface area contributed by atoms with Gasteiger partial charge in [0, 0.05) is 6.21 Å². The number of rotatable bonds is 7. The summed E-state index contributed by atoms with van der Waals surface area (Å²) in [5.41, 5.74) is 1.17. The van der Waals surface area contributed by atoms with Gasteiger partial charge in [-0.1, -0.05) is 17.7 Å². The summed E-state index contributed by atoms with van der Waals surface area (Å²) in [6, 6.07) is 9.53. The lowest BCUT2D eigenvalue weighted by Gasteiger charge is -2.05. The molecule has 0 aliphatic heterocycles. The van der Waals surface area contributed by atoms with Gasteiger partial charge in [0.05, 0.1) is 19.2 Å². The first-order valence-corrected chi connectivity index (χ1v) is 6.43. The van der Waals surface area contributed by atoms with Crippen molar-refractivity contribution in [2.75, 3.05) is 19.8 Å². The van der Waals surface area contributed by atoms with Gasteiger partial charge in [0.1, 0.15) is 12.4 Å². The molecule has 0 aliphatic carbocycles. The van der Waals surface area contributed by atoms with E-state index in [9.17, 15) is 4.79 Å². The first-order chi connectivity index (χ1) is 9.67. The van der Waals surface area contributed by atoms with Crippen LogP contribution in [0.15, 0.2) is 29.3 Å². The SMILES string of the molecule is CCOC(=O)[C@@H](C#N)C=NCCOc1ccc(C)cc1. The normalized spacial score (nSPS) is 11.8. The molecule has 0 amide bonds. The van der Waals surface area contributed by atoms with Crippen molar-refractivity contribution >= 4 is 12.2 Å². The lowest BCUT2D eigenvalue weighted by Crippen LogP contribution is -2.17. The lowest BCUT2D eigenvalue weighted by molar-refractivity contribution is -0.143. The fourth-order valence-electron chi connectivity index (χ4n) is 1.41. The van der Waals surface area contributed by atoms with Gasteiger partial charge in [0.15, 0.2) is 5.92 Å². The van der Waals surface area contributed by atoms with Crippen LogP contribution in [0, 0.1) is 24.2 Å². The summed E-state index contributed by atoms with van der Waals surface area (Å²) in [5.74, 6) is -0.749. The van der Waals surface area contributed by atoms with Crippen LogP contribution < -0.4 is 4.74 Å². The standard InChI is InChI=1S/C15H18N2O3/c1-3-19-15(18)13(10-16)11-17-8-9-20-14-6-4-12(2)5-7-14/h4-7,11,13H,3,8-9H2,1-2H3/t13-/m0/s1. The molecule has 1 aromatic rings. The third-order valence-electron chi connectivity index (χ3n) is 2.44. The van der Waals surface area contributed by atoms with Crippen molar-refractivity contribution in [3.05, 3.63) is 29.8 Å². The van der Waals surface area contributed by atoms with E-state index in [2.05, 4.69) is 4.99 Å². The van der Waals surface area contributed by atoms with E-state index >= 15 is 0 Å². The molecule has 0 aliphatic rings. The van der Waals surface area contributed by atoms with Gasteiger partial charge in [-0.3, -0.25) is 9.79 Å². The summed E-state index contributed by atoms with van der Waals surface area (Å²) >= 11 is 0. The minimum Gasteiger partial charge on any atom is -0.492 e. The second kappa shape index (κ2) is 8.70. The number of aryl methyl sites for hydroxylation is 1. The molecule has 1 aromatic carbocycles. The van der Waals surface area contributed by atoms with Crippen molar-refractivity contribution in [1.29, 1.82) is 5.26 Å². The molecule has 0 fully saturated rings. The molecule has 0 heterocycles. The number of nitrogens with zero attached hydrogens (tertiary/aromatic N) is 2. The van der Waals surface area contributed by atoms with Crippen LogP contribution in [0.4, 0.5) is 0 Å². The fourth-order valence-corrected chi connectivity index (χ4v) is 1.41. The van der Waals surface area contributed by atoms with Crippen molar-refractivity contribution in [3.8, 4) is 11.8 Å². The van der Waals surface area contributed by atoms with Crippen molar-refractivity contribution in [2.45, 2.75) is 13.8 Å². The Hall–Kier alpha value is -2.35. The van der Waals surface area contributed by atoms with Gasteiger partial charge in [-0.05, 0) is 26.0 Å². The van der Waals surface area contributed by atoms with Gasteiger partial charge in [0.2, 0.25) is 0 Å². The first-order valence-electron chi connectivity index (χ1n) is 6.43. The van der Waals surface area contributed by atoms with E-state index in [1.807, 2.05) is 37.3 Å². The molecule has 106 valence electrons. The van der Waals surface area contributed by atoms with E-state index in [1.54, 1.807) is 6.92 Å². The van der Waals surface area contributed by atoms with Gasteiger partial charge < -0.3 is 9.47 Å². The highest BCUT2D eigenvalue weighted by molar-refractivity contribution is 5.92. The fraction of sp³-hybridized carbons (Fsp3) is 0.400. The molecule has 0 bridgehead atoms. The molecule has 0 N–H and O–H groups in total. The number of ether oxygens (including phenoxy) is 2. The van der Waals surface area contributed by atoms with Crippen molar-refractivity contribution in [1.82, 2.24) is 0 Å². The Balaban J connectivity index is 2.32. The third kappa shape index (κ3) is 5.53. The molecule has 0 spiro atoms. The van der Waals surface area contributed by atoms with Crippen LogP contribution in [0.3, 0.4) is 0 Å². The van der Waals surface area contributed by atoms with Gasteiger partial charge in [-0.25, -0.2) is 0 Å². The van der Waals surface area contributed by atoms with E-state index in [0.717, 1.165) is 5.75 Å². The highest BCUT2D eigenvalue weighted by Gasteiger charge is 2.15. The Morgan fingerprint density at radius 2 is 2.15 bits per heavy atom. The van der Waals surface area contributed by atoms with Crippen LogP contribution in [0.1, 0.15) is 12.5 Å². The lowest BCUT2D eigenvalue weighted by atomic mass is 10.2. The molecule has 20 heavy (non-hydrogen) atoms. The summed E-state index contributed by atoms with van der Waals surface area (Å²) in [5, 5.41) is 8.81. The summed E-state index contributed by atoms with van der Waals surface area (Å²) in [6.45, 7) is 4.72. The number of aliphatic imine (C=N–C) groups is 1. The Morgan fingerprint density at radius 3 is 2.75 bits per heavy atom. The molecule has 0 aromatic heterocycles. The predicted octanol–water partition coefficient (Wildman–Crippen LogP) is 2.15. The van der Waals surface area contributed by atoms with Crippen LogP contribution in [0.25, 0.3) is 0 Å². The van der Waals surface area contributed by atoms with Gasteiger partial charge in [-0.2, -0.15) is 5.26 Å². The number of nitriles is 1. The maximum Gasteiger partial charge on any atom is 0.328 e. The maximum atomic E-state index is 11.3. The van der Waals surface area contributed by atoms with E-state index in [4.69, 9.17) is 14.7 Å². The Labute approximate surface area is 118 Å². The number of carbonyl (C=O) groups excluding carboxylic acids is 1. The molecule has 1 atom stereocenters. The second-order valence-electron chi connectivity index (χ2n) is 4.08. The minimum absolute atomic E-state index is 0.251. The van der Waals surface area contributed by atoms with Gasteiger partial charge >= 0.3 is 5.97 Å². The predicted molar refractivity (Wildman–Crippen MR) is 75.8 cm³/mol. The van der Waals surface area contributed by atoms with Crippen LogP contribution in [0.2, 0.25) is 0 Å². The molecule has 0 unspecified atom stereocenters. The van der Waals surface area contributed by atoms with E-state index < -0.39 is 11.9 Å². The largest absolute Gasteiger partial charge is 0.492 e. The topological polar surface area (TPSA) is 71.7 Å². The van der Waals surface area contributed by atoms with E-state index in [0.29, 0.717) is 13.2 Å². The van der Waals surface area contributed by atoms with Crippen molar-refractivity contribution < 1.29 is 14.3 Å². The Morgan fingerprint density at radius 1 is 1.45 bits per heavy atom. The Bertz CT molecular complexity index is 489. The molecule has 5 heteroatoms. The van der Waals surface area contributed by atoms with Crippen LogP contribution in [0.5, 0.6) is 5.75 Å². The molecule has 0 saturated carbocycles. The average molecular weight is 274 g/mol. The van der Waals surface area contributed by atoms with Gasteiger partial charge in [0.25, 0.3) is 0 Å². The van der Waals surface area contributed by atoms with Crippen LogP contribution in [-0.2, 0) is 9.53 Å². The maximum absolute atomic E-state index is 11.3. The quantitative estimate of drug-likeness (QED) is 0.434. The molecule has 0 saturated heterocycles. The number of hydrogen-bond donors (Lipinski definition) is 0. The monoisotopic (exact) mass is 274 g/mol. The van der Waals surface area contributed by atoms with E-state index in [-0.39, 0.29) is 6.61 Å². The number of carbonyl (C=O) groups is 1.